The second kappa shape index (κ2) is 5.76. The van der Waals surface area contributed by atoms with Gasteiger partial charge in [0.15, 0.2) is 0 Å². The summed E-state index contributed by atoms with van der Waals surface area (Å²) in [6, 6.07) is 12.6. The molecular formula is C17H19ClN2. The largest absolute Gasteiger partial charge is 0.305 e. The van der Waals surface area contributed by atoms with Crippen LogP contribution >= 0.6 is 12.4 Å². The zero-order valence-electron chi connectivity index (χ0n) is 11.8. The smallest absolute Gasteiger partial charge is 0.0505 e. The van der Waals surface area contributed by atoms with Crippen LogP contribution in [0.25, 0.3) is 0 Å². The molecule has 0 fully saturated rings. The van der Waals surface area contributed by atoms with Crippen molar-refractivity contribution in [1.82, 2.24) is 4.98 Å². The maximum absolute atomic E-state index is 8.32. The Morgan fingerprint density at radius 1 is 1.10 bits per heavy atom. The topological polar surface area (TPSA) is 36.7 Å². The Kier molecular flexibility index (Phi) is 4.24. The number of aromatic nitrogens is 1. The van der Waals surface area contributed by atoms with Crippen LogP contribution in [-0.4, -0.2) is 10.7 Å². The Morgan fingerprint density at radius 2 is 1.80 bits per heavy atom. The zero-order chi connectivity index (χ0) is 13.4. The van der Waals surface area contributed by atoms with E-state index in [-0.39, 0.29) is 12.4 Å². The minimum absolute atomic E-state index is 0. The van der Waals surface area contributed by atoms with E-state index in [2.05, 4.69) is 42.2 Å². The monoisotopic (exact) mass is 286 g/mol. The minimum Gasteiger partial charge on any atom is -0.305 e. The first-order chi connectivity index (χ1) is 9.15. The van der Waals surface area contributed by atoms with Crippen molar-refractivity contribution in [3.8, 4) is 0 Å². The van der Waals surface area contributed by atoms with Gasteiger partial charge >= 0.3 is 0 Å². The first kappa shape index (κ1) is 14.7. The average Bonchev–Trinajstić information content (AvgIpc) is 2.38. The molecule has 1 unspecified atom stereocenters. The number of hydrogen-bond acceptors (Lipinski definition) is 2. The van der Waals surface area contributed by atoms with Gasteiger partial charge in [-0.15, -0.1) is 12.4 Å². The van der Waals surface area contributed by atoms with Gasteiger partial charge in [0.25, 0.3) is 0 Å². The molecule has 1 aliphatic carbocycles. The summed E-state index contributed by atoms with van der Waals surface area (Å²) >= 11 is 0. The van der Waals surface area contributed by atoms with Gasteiger partial charge in [-0.3, -0.25) is 4.98 Å². The van der Waals surface area contributed by atoms with Crippen molar-refractivity contribution in [2.45, 2.75) is 32.6 Å². The molecule has 2 aromatic rings. The third-order valence-corrected chi connectivity index (χ3v) is 3.88. The van der Waals surface area contributed by atoms with Crippen molar-refractivity contribution in [3.63, 3.8) is 0 Å². The Balaban J connectivity index is 0.00000147. The molecular weight excluding hydrogens is 268 g/mol. The third kappa shape index (κ3) is 2.61. The second-order valence-corrected chi connectivity index (χ2v) is 5.40. The number of halogens is 1. The van der Waals surface area contributed by atoms with Gasteiger partial charge < -0.3 is 5.41 Å². The summed E-state index contributed by atoms with van der Waals surface area (Å²) in [5, 5.41) is 8.32. The number of hydrogen-bond donors (Lipinski definition) is 1. The molecule has 0 amide bonds. The lowest BCUT2D eigenvalue weighted by molar-refractivity contribution is 0.675. The number of benzene rings is 1. The molecule has 0 spiro atoms. The van der Waals surface area contributed by atoms with E-state index >= 15 is 0 Å². The normalized spacial score (nSPS) is 17.3. The van der Waals surface area contributed by atoms with Gasteiger partial charge in [0.1, 0.15) is 0 Å². The fraction of sp³-hybridized carbons (Fsp3) is 0.294. The molecule has 0 aliphatic heterocycles. The summed E-state index contributed by atoms with van der Waals surface area (Å²) in [4.78, 5) is 4.66. The zero-order valence-corrected chi connectivity index (χ0v) is 12.6. The van der Waals surface area contributed by atoms with Crippen molar-refractivity contribution >= 4 is 18.1 Å². The molecule has 20 heavy (non-hydrogen) atoms. The van der Waals surface area contributed by atoms with Crippen LogP contribution in [0.2, 0.25) is 0 Å². The summed E-state index contributed by atoms with van der Waals surface area (Å²) in [6.45, 7) is 4.12. The average molecular weight is 287 g/mol. The molecule has 3 heteroatoms. The number of nitrogens with zero attached hydrogens (tertiary/aromatic N) is 1. The molecule has 1 N–H and O–H groups in total. The van der Waals surface area contributed by atoms with Crippen LogP contribution in [0.1, 0.15) is 40.4 Å². The highest BCUT2D eigenvalue weighted by molar-refractivity contribution is 6.02. The van der Waals surface area contributed by atoms with Crippen LogP contribution < -0.4 is 0 Å². The molecule has 2 nitrogen and oxygen atoms in total. The van der Waals surface area contributed by atoms with E-state index in [4.69, 9.17) is 5.41 Å². The van der Waals surface area contributed by atoms with E-state index < -0.39 is 0 Å². The van der Waals surface area contributed by atoms with Crippen LogP contribution in [-0.2, 0) is 6.42 Å². The van der Waals surface area contributed by atoms with Crippen molar-refractivity contribution in [3.05, 3.63) is 64.5 Å². The Bertz CT molecular complexity index is 635. The third-order valence-electron chi connectivity index (χ3n) is 3.88. The number of rotatable bonds is 1. The molecule has 0 radical (unpaired) electrons. The maximum atomic E-state index is 8.32. The van der Waals surface area contributed by atoms with Crippen LogP contribution in [0, 0.1) is 19.3 Å². The molecule has 1 heterocycles. The van der Waals surface area contributed by atoms with Crippen LogP contribution in [0.15, 0.2) is 36.4 Å². The SMILES string of the molecule is Cc1cc(C)c2c(n1)CC(c1ccccc1)CC2=N.Cl. The van der Waals surface area contributed by atoms with Gasteiger partial charge in [-0.2, -0.15) is 0 Å². The lowest BCUT2D eigenvalue weighted by atomic mass is 9.80. The van der Waals surface area contributed by atoms with Crippen molar-refractivity contribution < 1.29 is 0 Å². The first-order valence-electron chi connectivity index (χ1n) is 6.75. The van der Waals surface area contributed by atoms with E-state index in [1.807, 2.05) is 13.0 Å². The van der Waals surface area contributed by atoms with Crippen molar-refractivity contribution in [2.24, 2.45) is 0 Å². The number of aryl methyl sites for hydroxylation is 2. The standard InChI is InChI=1S/C17H18N2.ClH/c1-11-8-12(2)19-16-10-14(9-15(18)17(11)16)13-6-4-3-5-7-13;/h3-8,14,18H,9-10H2,1-2H3;1H. The van der Waals surface area contributed by atoms with Gasteiger partial charge in [-0.25, -0.2) is 0 Å². The Labute approximate surface area is 126 Å². The predicted octanol–water partition coefficient (Wildman–Crippen LogP) is 4.22. The number of nitrogens with one attached hydrogen (secondary N) is 1. The van der Waals surface area contributed by atoms with Crippen molar-refractivity contribution in [2.75, 3.05) is 0 Å². The first-order valence-corrected chi connectivity index (χ1v) is 6.75. The molecule has 104 valence electrons. The molecule has 1 atom stereocenters. The summed E-state index contributed by atoms with van der Waals surface area (Å²) in [6.07, 6.45) is 1.77. The van der Waals surface area contributed by atoms with Crippen LogP contribution in [0.3, 0.4) is 0 Å². The summed E-state index contributed by atoms with van der Waals surface area (Å²) < 4.78 is 0. The molecule has 0 saturated carbocycles. The fourth-order valence-electron chi connectivity index (χ4n) is 3.09. The van der Waals surface area contributed by atoms with E-state index in [0.717, 1.165) is 35.5 Å². The lowest BCUT2D eigenvalue weighted by Gasteiger charge is -2.26. The molecule has 3 rings (SSSR count). The highest BCUT2D eigenvalue weighted by Gasteiger charge is 2.26. The fourth-order valence-corrected chi connectivity index (χ4v) is 3.09. The Hall–Kier alpha value is -1.67. The summed E-state index contributed by atoms with van der Waals surface area (Å²) in [5.41, 5.74) is 6.48. The quantitative estimate of drug-likeness (QED) is 0.837. The highest BCUT2D eigenvalue weighted by atomic mass is 35.5. The molecule has 0 bridgehead atoms. The van der Waals surface area contributed by atoms with Crippen molar-refractivity contribution in [1.29, 1.82) is 5.41 Å². The molecule has 1 aromatic carbocycles. The lowest BCUT2D eigenvalue weighted by Crippen LogP contribution is -2.21. The summed E-state index contributed by atoms with van der Waals surface area (Å²) in [5.74, 6) is 0.398. The van der Waals surface area contributed by atoms with Crippen LogP contribution in [0.5, 0.6) is 0 Å². The van der Waals surface area contributed by atoms with Gasteiger partial charge in [-0.1, -0.05) is 30.3 Å². The summed E-state index contributed by atoms with van der Waals surface area (Å²) in [7, 11) is 0. The maximum Gasteiger partial charge on any atom is 0.0505 e. The van der Waals surface area contributed by atoms with E-state index in [9.17, 15) is 0 Å². The van der Waals surface area contributed by atoms with E-state index in [1.165, 1.54) is 11.1 Å². The highest BCUT2D eigenvalue weighted by Crippen LogP contribution is 2.33. The number of pyridine rings is 1. The van der Waals surface area contributed by atoms with E-state index in [0.29, 0.717) is 5.92 Å². The second-order valence-electron chi connectivity index (χ2n) is 5.40. The molecule has 1 aliphatic rings. The molecule has 1 aromatic heterocycles. The number of fused-ring (bicyclic) bond motifs is 1. The Morgan fingerprint density at radius 3 is 2.50 bits per heavy atom. The van der Waals surface area contributed by atoms with Gasteiger partial charge in [0.05, 0.1) is 5.69 Å². The van der Waals surface area contributed by atoms with E-state index in [1.54, 1.807) is 0 Å². The predicted molar refractivity (Wildman–Crippen MR) is 85.3 cm³/mol. The van der Waals surface area contributed by atoms with Gasteiger partial charge in [-0.05, 0) is 49.8 Å². The molecule has 0 saturated heterocycles. The van der Waals surface area contributed by atoms with Gasteiger partial charge in [0, 0.05) is 17.0 Å². The van der Waals surface area contributed by atoms with Gasteiger partial charge in [0.2, 0.25) is 0 Å². The van der Waals surface area contributed by atoms with Crippen LogP contribution in [0.4, 0.5) is 0 Å². The minimum atomic E-state index is 0.